The molecule has 0 aliphatic carbocycles. The molecule has 1 N–H and O–H groups in total. The maximum Gasteiger partial charge on any atom is 0.230 e. The minimum Gasteiger partial charge on any atom is -0.383 e. The van der Waals surface area contributed by atoms with E-state index in [1.54, 1.807) is 6.07 Å². The zero-order chi connectivity index (χ0) is 11.7. The molecule has 0 saturated carbocycles. The van der Waals surface area contributed by atoms with Gasteiger partial charge in [0.25, 0.3) is 0 Å². The van der Waals surface area contributed by atoms with Gasteiger partial charge in [-0.15, -0.1) is 0 Å². The van der Waals surface area contributed by atoms with Crippen LogP contribution in [0.5, 0.6) is 0 Å². The molecule has 4 heteroatoms. The molecule has 1 aromatic rings. The van der Waals surface area contributed by atoms with E-state index in [1.807, 2.05) is 12.1 Å². The van der Waals surface area contributed by atoms with Crippen molar-refractivity contribution in [2.24, 2.45) is 0 Å². The topological polar surface area (TPSA) is 49.4 Å². The first-order chi connectivity index (χ1) is 7.61. The van der Waals surface area contributed by atoms with Crippen molar-refractivity contribution in [3.63, 3.8) is 0 Å². The predicted molar refractivity (Wildman–Crippen MR) is 62.5 cm³/mol. The summed E-state index contributed by atoms with van der Waals surface area (Å²) in [4.78, 5) is 24.1. The first kappa shape index (κ1) is 10.7. The van der Waals surface area contributed by atoms with Crippen LogP contribution in [-0.4, -0.2) is 18.4 Å². The third-order valence-electron chi connectivity index (χ3n) is 2.70. The van der Waals surface area contributed by atoms with Crippen LogP contribution in [-0.2, 0) is 16.0 Å². The molecule has 0 aromatic heterocycles. The molecule has 2 rings (SSSR count). The molecule has 16 heavy (non-hydrogen) atoms. The van der Waals surface area contributed by atoms with Gasteiger partial charge in [-0.2, -0.15) is 0 Å². The quantitative estimate of drug-likeness (QED) is 0.778. The van der Waals surface area contributed by atoms with Crippen LogP contribution in [0.25, 0.3) is 0 Å². The molecule has 0 saturated heterocycles. The van der Waals surface area contributed by atoms with Crippen LogP contribution in [0.15, 0.2) is 18.2 Å². The molecule has 0 fully saturated rings. The average Bonchev–Trinajstić information content (AvgIpc) is 2.65. The summed E-state index contributed by atoms with van der Waals surface area (Å²) in [5.74, 6) is -0.510. The normalized spacial score (nSPS) is 12.9. The SMILES string of the molecule is CC(=O)N(C(C)=O)c1cccc2c1NCC2. The third-order valence-corrected chi connectivity index (χ3v) is 2.70. The van der Waals surface area contributed by atoms with Gasteiger partial charge in [0.1, 0.15) is 0 Å². The number of amides is 2. The van der Waals surface area contributed by atoms with Crippen molar-refractivity contribution in [2.75, 3.05) is 16.8 Å². The Morgan fingerprint density at radius 2 is 1.94 bits per heavy atom. The Morgan fingerprint density at radius 1 is 1.25 bits per heavy atom. The minimum absolute atomic E-state index is 0.255. The highest BCUT2D eigenvalue weighted by molar-refractivity contribution is 6.15. The summed E-state index contributed by atoms with van der Waals surface area (Å²) in [7, 11) is 0. The maximum atomic E-state index is 11.5. The fraction of sp³-hybridized carbons (Fsp3) is 0.333. The lowest BCUT2D eigenvalue weighted by atomic mass is 10.1. The Hall–Kier alpha value is -1.84. The third kappa shape index (κ3) is 1.66. The molecule has 1 aliphatic rings. The van der Waals surface area contributed by atoms with Gasteiger partial charge >= 0.3 is 0 Å². The summed E-state index contributed by atoms with van der Waals surface area (Å²) in [6.07, 6.45) is 0.937. The van der Waals surface area contributed by atoms with Crippen LogP contribution in [0.1, 0.15) is 19.4 Å². The number of imide groups is 1. The van der Waals surface area contributed by atoms with Crippen molar-refractivity contribution in [2.45, 2.75) is 20.3 Å². The summed E-state index contributed by atoms with van der Waals surface area (Å²) >= 11 is 0. The minimum atomic E-state index is -0.255. The fourth-order valence-electron chi connectivity index (χ4n) is 2.07. The number of anilines is 2. The van der Waals surface area contributed by atoms with Gasteiger partial charge in [-0.1, -0.05) is 12.1 Å². The number of fused-ring (bicyclic) bond motifs is 1. The number of nitrogens with one attached hydrogen (secondary N) is 1. The second-order valence-electron chi connectivity index (χ2n) is 3.86. The van der Waals surface area contributed by atoms with Crippen LogP contribution in [0.2, 0.25) is 0 Å². The smallest absolute Gasteiger partial charge is 0.230 e. The summed E-state index contributed by atoms with van der Waals surface area (Å²) in [5, 5.41) is 3.21. The Bertz CT molecular complexity index is 440. The number of nitrogens with zero attached hydrogens (tertiary/aromatic N) is 1. The molecule has 0 bridgehead atoms. The lowest BCUT2D eigenvalue weighted by Crippen LogP contribution is -2.33. The standard InChI is InChI=1S/C12H14N2O2/c1-8(15)14(9(2)16)11-5-3-4-10-6-7-13-12(10)11/h3-5,13H,6-7H2,1-2H3. The Morgan fingerprint density at radius 3 is 2.56 bits per heavy atom. The molecule has 0 radical (unpaired) electrons. The van der Waals surface area contributed by atoms with Crippen molar-refractivity contribution in [3.05, 3.63) is 23.8 Å². The molecule has 1 aromatic carbocycles. The monoisotopic (exact) mass is 218 g/mol. The average molecular weight is 218 g/mol. The number of hydrogen-bond acceptors (Lipinski definition) is 3. The van der Waals surface area contributed by atoms with Gasteiger partial charge in [-0.05, 0) is 18.1 Å². The first-order valence-electron chi connectivity index (χ1n) is 5.28. The Kier molecular flexibility index (Phi) is 2.64. The van der Waals surface area contributed by atoms with E-state index < -0.39 is 0 Å². The number of hydrogen-bond donors (Lipinski definition) is 1. The van der Waals surface area contributed by atoms with Gasteiger partial charge in [0.2, 0.25) is 11.8 Å². The van der Waals surface area contributed by atoms with E-state index in [2.05, 4.69) is 5.32 Å². The molecule has 1 aliphatic heterocycles. The van der Waals surface area contributed by atoms with Crippen molar-refractivity contribution < 1.29 is 9.59 Å². The first-order valence-corrected chi connectivity index (χ1v) is 5.28. The van der Waals surface area contributed by atoms with Crippen molar-refractivity contribution in [1.82, 2.24) is 0 Å². The van der Waals surface area contributed by atoms with Crippen LogP contribution in [0.4, 0.5) is 11.4 Å². The highest BCUT2D eigenvalue weighted by Crippen LogP contribution is 2.33. The van der Waals surface area contributed by atoms with Crippen LogP contribution in [0.3, 0.4) is 0 Å². The van der Waals surface area contributed by atoms with E-state index >= 15 is 0 Å². The number of carbonyl (C=O) groups is 2. The number of para-hydroxylation sites is 1. The zero-order valence-corrected chi connectivity index (χ0v) is 9.41. The second-order valence-corrected chi connectivity index (χ2v) is 3.86. The van der Waals surface area contributed by atoms with E-state index in [-0.39, 0.29) is 11.8 Å². The van der Waals surface area contributed by atoms with E-state index in [1.165, 1.54) is 18.7 Å². The highest BCUT2D eigenvalue weighted by Gasteiger charge is 2.23. The van der Waals surface area contributed by atoms with E-state index in [9.17, 15) is 9.59 Å². The van der Waals surface area contributed by atoms with Gasteiger partial charge in [0.15, 0.2) is 0 Å². The Balaban J connectivity index is 2.50. The molecular weight excluding hydrogens is 204 g/mol. The Labute approximate surface area is 94.2 Å². The lowest BCUT2D eigenvalue weighted by molar-refractivity contribution is -0.124. The molecule has 0 unspecified atom stereocenters. The lowest BCUT2D eigenvalue weighted by Gasteiger charge is -2.20. The molecule has 84 valence electrons. The molecule has 2 amide bonds. The van der Waals surface area contributed by atoms with E-state index in [0.717, 1.165) is 24.2 Å². The van der Waals surface area contributed by atoms with Crippen molar-refractivity contribution in [1.29, 1.82) is 0 Å². The predicted octanol–water partition coefficient (Wildman–Crippen LogP) is 1.55. The summed E-state index contributed by atoms with van der Waals surface area (Å²) in [6.45, 7) is 3.65. The van der Waals surface area contributed by atoms with Crippen LogP contribution in [0, 0.1) is 0 Å². The fourth-order valence-corrected chi connectivity index (χ4v) is 2.07. The van der Waals surface area contributed by atoms with Gasteiger partial charge < -0.3 is 5.32 Å². The van der Waals surface area contributed by atoms with Gasteiger partial charge in [-0.25, -0.2) is 4.90 Å². The highest BCUT2D eigenvalue weighted by atomic mass is 16.2. The zero-order valence-electron chi connectivity index (χ0n) is 9.41. The van der Waals surface area contributed by atoms with Crippen LogP contribution < -0.4 is 10.2 Å². The second kappa shape index (κ2) is 3.96. The van der Waals surface area contributed by atoms with Crippen LogP contribution >= 0.6 is 0 Å². The van der Waals surface area contributed by atoms with Crippen molar-refractivity contribution in [3.8, 4) is 0 Å². The van der Waals surface area contributed by atoms with Crippen molar-refractivity contribution >= 4 is 23.2 Å². The molecule has 4 nitrogen and oxygen atoms in total. The maximum absolute atomic E-state index is 11.5. The molecule has 1 heterocycles. The summed E-state index contributed by atoms with van der Waals surface area (Å²) < 4.78 is 0. The molecule has 0 spiro atoms. The van der Waals surface area contributed by atoms with Gasteiger partial charge in [0, 0.05) is 20.4 Å². The number of carbonyl (C=O) groups excluding carboxylic acids is 2. The number of rotatable bonds is 1. The van der Waals surface area contributed by atoms with Gasteiger partial charge in [-0.3, -0.25) is 9.59 Å². The molecule has 0 atom stereocenters. The van der Waals surface area contributed by atoms with E-state index in [0.29, 0.717) is 5.69 Å². The largest absolute Gasteiger partial charge is 0.383 e. The molecular formula is C12H14N2O2. The van der Waals surface area contributed by atoms with Gasteiger partial charge in [0.05, 0.1) is 11.4 Å². The summed E-state index contributed by atoms with van der Waals surface area (Å²) in [5.41, 5.74) is 2.73. The number of benzene rings is 1. The summed E-state index contributed by atoms with van der Waals surface area (Å²) in [6, 6.07) is 5.68. The van der Waals surface area contributed by atoms with E-state index in [4.69, 9.17) is 0 Å².